The third-order valence-corrected chi connectivity index (χ3v) is 4.19. The van der Waals surface area contributed by atoms with Crippen LogP contribution >= 0.6 is 0 Å². The minimum Gasteiger partial charge on any atom is -0.493 e. The van der Waals surface area contributed by atoms with Crippen LogP contribution in [0, 0.1) is 5.82 Å². The number of aromatic nitrogens is 5. The number of rotatable bonds is 2. The lowest BCUT2D eigenvalue weighted by molar-refractivity contribution is 0.137. The standard InChI is InChI=1S/C16H16FN5O3/c1-20-14(18-13(19-20)10-2-4-11(17)5-3-10)12-15(23)21-6-8-25-9-7-22(21)16(12)24/h2-5,23H,6-9H2,1H3. The molecule has 0 amide bonds. The first-order valence-electron chi connectivity index (χ1n) is 7.84. The highest BCUT2D eigenvalue weighted by Crippen LogP contribution is 2.27. The van der Waals surface area contributed by atoms with E-state index in [0.717, 1.165) is 0 Å². The highest BCUT2D eigenvalue weighted by atomic mass is 19.1. The SMILES string of the molecule is Cn1nc(-c2ccc(F)cc2)nc1-c1c(O)n2n(c1=O)CCOCC2. The second-order valence-corrected chi connectivity index (χ2v) is 5.75. The van der Waals surface area contributed by atoms with Crippen LogP contribution in [-0.2, 0) is 24.9 Å². The van der Waals surface area contributed by atoms with Crippen LogP contribution in [0.15, 0.2) is 29.1 Å². The summed E-state index contributed by atoms with van der Waals surface area (Å²) in [7, 11) is 1.64. The van der Waals surface area contributed by atoms with Gasteiger partial charge in [0.1, 0.15) is 11.4 Å². The van der Waals surface area contributed by atoms with E-state index in [-0.39, 0.29) is 28.6 Å². The van der Waals surface area contributed by atoms with Crippen molar-refractivity contribution in [3.05, 3.63) is 40.4 Å². The molecule has 0 saturated carbocycles. The van der Waals surface area contributed by atoms with E-state index in [4.69, 9.17) is 4.74 Å². The molecule has 8 nitrogen and oxygen atoms in total. The summed E-state index contributed by atoms with van der Waals surface area (Å²) in [5.74, 6) is 0.104. The number of ether oxygens (including phenoxy) is 1. The van der Waals surface area contributed by atoms with Gasteiger partial charge in [-0.3, -0.25) is 4.79 Å². The molecule has 0 atom stereocenters. The summed E-state index contributed by atoms with van der Waals surface area (Å²) in [6.07, 6.45) is 0. The Morgan fingerprint density at radius 3 is 2.56 bits per heavy atom. The Kier molecular flexibility index (Phi) is 3.65. The van der Waals surface area contributed by atoms with Gasteiger partial charge in [0, 0.05) is 12.6 Å². The highest BCUT2D eigenvalue weighted by molar-refractivity contribution is 5.65. The Bertz CT molecular complexity index is 987. The van der Waals surface area contributed by atoms with Crippen molar-refractivity contribution in [1.82, 2.24) is 24.1 Å². The third-order valence-electron chi connectivity index (χ3n) is 4.19. The number of fused-ring (bicyclic) bond motifs is 1. The second kappa shape index (κ2) is 5.85. The molecule has 0 fully saturated rings. The van der Waals surface area contributed by atoms with Crippen LogP contribution in [0.4, 0.5) is 4.39 Å². The molecule has 0 saturated heterocycles. The lowest BCUT2D eigenvalue weighted by atomic mass is 10.2. The molecule has 0 unspecified atom stereocenters. The molecule has 0 spiro atoms. The number of benzene rings is 1. The molecule has 2 aromatic heterocycles. The Morgan fingerprint density at radius 2 is 1.84 bits per heavy atom. The number of aromatic hydroxyl groups is 1. The maximum atomic E-state index is 13.1. The van der Waals surface area contributed by atoms with Crippen molar-refractivity contribution in [2.75, 3.05) is 13.2 Å². The van der Waals surface area contributed by atoms with Gasteiger partial charge < -0.3 is 9.84 Å². The fourth-order valence-electron chi connectivity index (χ4n) is 2.95. The smallest absolute Gasteiger partial charge is 0.281 e. The Labute approximate surface area is 141 Å². The van der Waals surface area contributed by atoms with Crippen molar-refractivity contribution in [3.63, 3.8) is 0 Å². The van der Waals surface area contributed by atoms with Gasteiger partial charge in [0.25, 0.3) is 5.56 Å². The predicted molar refractivity (Wildman–Crippen MR) is 86.6 cm³/mol. The summed E-state index contributed by atoms with van der Waals surface area (Å²) in [5.41, 5.74) is 0.381. The predicted octanol–water partition coefficient (Wildman–Crippen LogP) is 0.987. The van der Waals surface area contributed by atoms with Gasteiger partial charge in [-0.1, -0.05) is 0 Å². The summed E-state index contributed by atoms with van der Waals surface area (Å²) >= 11 is 0. The first kappa shape index (κ1) is 15.6. The zero-order chi connectivity index (χ0) is 17.6. The third kappa shape index (κ3) is 2.52. The van der Waals surface area contributed by atoms with Gasteiger partial charge in [-0.05, 0) is 24.3 Å². The molecular formula is C16H16FN5O3. The van der Waals surface area contributed by atoms with Crippen LogP contribution in [0.1, 0.15) is 0 Å². The van der Waals surface area contributed by atoms with Gasteiger partial charge in [-0.2, -0.15) is 5.10 Å². The average molecular weight is 345 g/mol. The minimum absolute atomic E-state index is 0.102. The lowest BCUT2D eigenvalue weighted by Crippen LogP contribution is -2.23. The number of aryl methyl sites for hydroxylation is 1. The molecule has 0 bridgehead atoms. The van der Waals surface area contributed by atoms with E-state index in [1.165, 1.54) is 26.2 Å². The van der Waals surface area contributed by atoms with Crippen LogP contribution < -0.4 is 5.56 Å². The van der Waals surface area contributed by atoms with Gasteiger partial charge in [0.2, 0.25) is 5.88 Å². The Balaban J connectivity index is 1.84. The van der Waals surface area contributed by atoms with Crippen molar-refractivity contribution < 1.29 is 14.2 Å². The minimum atomic E-state index is -0.353. The topological polar surface area (TPSA) is 87.1 Å². The van der Waals surface area contributed by atoms with Crippen molar-refractivity contribution in [3.8, 4) is 28.7 Å². The van der Waals surface area contributed by atoms with Crippen molar-refractivity contribution >= 4 is 0 Å². The average Bonchev–Trinajstić information content (AvgIpc) is 2.95. The van der Waals surface area contributed by atoms with Crippen LogP contribution in [0.25, 0.3) is 22.8 Å². The first-order chi connectivity index (χ1) is 12.1. The Hall–Kier alpha value is -2.94. The van der Waals surface area contributed by atoms with E-state index in [9.17, 15) is 14.3 Å². The van der Waals surface area contributed by atoms with Gasteiger partial charge in [0.15, 0.2) is 11.6 Å². The van der Waals surface area contributed by atoms with Gasteiger partial charge in [-0.25, -0.2) is 23.4 Å². The molecule has 3 heterocycles. The van der Waals surface area contributed by atoms with Crippen molar-refractivity contribution in [1.29, 1.82) is 0 Å². The molecule has 1 aromatic carbocycles. The number of nitrogens with zero attached hydrogens (tertiary/aromatic N) is 5. The summed E-state index contributed by atoms with van der Waals surface area (Å²) in [6.45, 7) is 1.56. The molecule has 1 aliphatic heterocycles. The molecule has 9 heteroatoms. The maximum Gasteiger partial charge on any atom is 0.281 e. The van der Waals surface area contributed by atoms with E-state index in [1.807, 2.05) is 0 Å². The van der Waals surface area contributed by atoms with Gasteiger partial charge >= 0.3 is 0 Å². The summed E-state index contributed by atoms with van der Waals surface area (Å²) < 4.78 is 22.8. The van der Waals surface area contributed by atoms with Crippen LogP contribution in [-0.4, -0.2) is 42.4 Å². The molecule has 25 heavy (non-hydrogen) atoms. The first-order valence-corrected chi connectivity index (χ1v) is 7.84. The number of halogens is 1. The fraction of sp³-hybridized carbons (Fsp3) is 0.312. The molecule has 1 aliphatic rings. The van der Waals surface area contributed by atoms with Crippen molar-refractivity contribution in [2.24, 2.45) is 7.05 Å². The quantitative estimate of drug-likeness (QED) is 0.748. The maximum absolute atomic E-state index is 13.1. The molecular weight excluding hydrogens is 329 g/mol. The highest BCUT2D eigenvalue weighted by Gasteiger charge is 2.26. The monoisotopic (exact) mass is 345 g/mol. The largest absolute Gasteiger partial charge is 0.493 e. The molecule has 4 rings (SSSR count). The fourth-order valence-corrected chi connectivity index (χ4v) is 2.95. The summed E-state index contributed by atoms with van der Waals surface area (Å²) in [5, 5.41) is 14.8. The van der Waals surface area contributed by atoms with Crippen LogP contribution in [0.5, 0.6) is 5.88 Å². The lowest BCUT2D eigenvalue weighted by Gasteiger charge is -2.05. The summed E-state index contributed by atoms with van der Waals surface area (Å²) in [4.78, 5) is 17.1. The van der Waals surface area contributed by atoms with E-state index in [0.29, 0.717) is 37.7 Å². The zero-order valence-electron chi connectivity index (χ0n) is 13.5. The molecule has 3 aromatic rings. The van der Waals surface area contributed by atoms with E-state index in [1.54, 1.807) is 19.2 Å². The van der Waals surface area contributed by atoms with E-state index >= 15 is 0 Å². The number of hydrogen-bond donors (Lipinski definition) is 1. The van der Waals surface area contributed by atoms with Crippen LogP contribution in [0.3, 0.4) is 0 Å². The zero-order valence-corrected chi connectivity index (χ0v) is 13.5. The number of hydrogen-bond acceptors (Lipinski definition) is 5. The van der Waals surface area contributed by atoms with E-state index < -0.39 is 0 Å². The van der Waals surface area contributed by atoms with Gasteiger partial charge in [0.05, 0.1) is 26.3 Å². The van der Waals surface area contributed by atoms with Gasteiger partial charge in [-0.15, -0.1) is 0 Å². The Morgan fingerprint density at radius 1 is 1.16 bits per heavy atom. The molecule has 0 radical (unpaired) electrons. The molecule has 130 valence electrons. The molecule has 0 aliphatic carbocycles. The normalized spacial score (nSPS) is 14.3. The van der Waals surface area contributed by atoms with E-state index in [2.05, 4.69) is 10.1 Å². The summed E-state index contributed by atoms with van der Waals surface area (Å²) in [6, 6.07) is 5.76. The van der Waals surface area contributed by atoms with Crippen LogP contribution in [0.2, 0.25) is 0 Å². The molecule has 1 N–H and O–H groups in total. The second-order valence-electron chi connectivity index (χ2n) is 5.75. The van der Waals surface area contributed by atoms with Crippen molar-refractivity contribution in [2.45, 2.75) is 13.1 Å².